The van der Waals surface area contributed by atoms with Crippen LogP contribution in [0.15, 0.2) is 35.5 Å². The first-order valence-electron chi connectivity index (χ1n) is 7.94. The lowest BCUT2D eigenvalue weighted by Gasteiger charge is -2.16. The molecule has 136 valence electrons. The average molecular weight is 378 g/mol. The number of aromatic carboxylic acids is 1. The maximum atomic E-state index is 14.8. The van der Waals surface area contributed by atoms with E-state index in [-0.39, 0.29) is 23.9 Å². The van der Waals surface area contributed by atoms with Gasteiger partial charge in [0.2, 0.25) is 0 Å². The second-order valence-corrected chi connectivity index (χ2v) is 6.42. The van der Waals surface area contributed by atoms with Crippen molar-refractivity contribution in [1.29, 1.82) is 0 Å². The molecule has 0 amide bonds. The third-order valence-electron chi connectivity index (χ3n) is 4.66. The maximum Gasteiger partial charge on any atom is 0.341 e. The van der Waals surface area contributed by atoms with Crippen LogP contribution >= 0.6 is 12.4 Å². The first-order valence-corrected chi connectivity index (χ1v) is 7.94. The smallest absolute Gasteiger partial charge is 0.341 e. The number of carboxylic acids is 1. The van der Waals surface area contributed by atoms with Gasteiger partial charge in [-0.3, -0.25) is 9.20 Å². The fourth-order valence-electron chi connectivity index (χ4n) is 3.37. The first kappa shape index (κ1) is 18.0. The summed E-state index contributed by atoms with van der Waals surface area (Å²) in [4.78, 5) is 23.9. The van der Waals surface area contributed by atoms with Crippen LogP contribution in [0.1, 0.15) is 40.2 Å². The minimum atomic E-state index is -1.30. The molecule has 1 aliphatic carbocycles. The molecule has 0 unspecified atom stereocenters. The zero-order valence-electron chi connectivity index (χ0n) is 13.9. The van der Waals surface area contributed by atoms with Crippen LogP contribution in [-0.4, -0.2) is 20.0 Å². The molecule has 0 aromatic carbocycles. The summed E-state index contributed by atoms with van der Waals surface area (Å²) < 4.78 is 17.5. The van der Waals surface area contributed by atoms with Crippen molar-refractivity contribution in [3.8, 4) is 5.69 Å². The van der Waals surface area contributed by atoms with Crippen LogP contribution < -0.4 is 11.3 Å². The number of nitrogens with two attached hydrogens (primary N) is 1. The van der Waals surface area contributed by atoms with Crippen molar-refractivity contribution in [2.75, 3.05) is 5.73 Å². The van der Waals surface area contributed by atoms with Crippen LogP contribution in [0.5, 0.6) is 0 Å². The summed E-state index contributed by atoms with van der Waals surface area (Å²) in [5.74, 6) is -1.73. The molecule has 0 saturated heterocycles. The van der Waals surface area contributed by atoms with Gasteiger partial charge in [-0.15, -0.1) is 12.4 Å². The van der Waals surface area contributed by atoms with Crippen molar-refractivity contribution >= 4 is 29.6 Å². The normalized spacial score (nSPS) is 13.6. The Labute approximate surface area is 154 Å². The molecule has 26 heavy (non-hydrogen) atoms. The Balaban J connectivity index is 0.00000196. The standard InChI is InChI=1S/C18H16FN3O3.ClH/c1-9-15-12(10-2-3-10)6-13(18(24)25)17(23)22(15)8-14(19)16(9)21-5-4-11(20)7-21;/h4-8,10H,2-3,20H2,1H3,(H,24,25);1H. The molecule has 3 aromatic heterocycles. The fraction of sp³-hybridized carbons (Fsp3) is 0.222. The van der Waals surface area contributed by atoms with E-state index in [2.05, 4.69) is 0 Å². The molecule has 3 aromatic rings. The number of aromatic nitrogens is 2. The Hall–Kier alpha value is -2.80. The predicted octanol–water partition coefficient (Wildman–Crippen LogP) is 3.12. The number of nitrogens with zero attached hydrogens (tertiary/aromatic N) is 2. The van der Waals surface area contributed by atoms with E-state index in [4.69, 9.17) is 5.73 Å². The van der Waals surface area contributed by atoms with Gasteiger partial charge in [0.15, 0.2) is 5.82 Å². The second kappa shape index (κ2) is 6.17. The molecule has 3 heterocycles. The highest BCUT2D eigenvalue weighted by atomic mass is 35.5. The highest BCUT2D eigenvalue weighted by molar-refractivity contribution is 5.89. The van der Waals surface area contributed by atoms with Gasteiger partial charge in [-0.05, 0) is 43.4 Å². The summed E-state index contributed by atoms with van der Waals surface area (Å²) in [6.45, 7) is 1.73. The van der Waals surface area contributed by atoms with Crippen LogP contribution in [0.4, 0.5) is 10.1 Å². The van der Waals surface area contributed by atoms with Gasteiger partial charge in [-0.25, -0.2) is 9.18 Å². The van der Waals surface area contributed by atoms with Crippen LogP contribution in [0.2, 0.25) is 0 Å². The molecule has 0 atom stereocenters. The van der Waals surface area contributed by atoms with Gasteiger partial charge in [0.1, 0.15) is 5.56 Å². The molecular weight excluding hydrogens is 361 g/mol. The van der Waals surface area contributed by atoms with E-state index in [1.165, 1.54) is 6.07 Å². The van der Waals surface area contributed by atoms with E-state index >= 15 is 0 Å². The summed E-state index contributed by atoms with van der Waals surface area (Å²) in [6.07, 6.45) is 6.17. The SMILES string of the molecule is Cc1c(-n2ccc(N)c2)c(F)cn2c(=O)c(C(=O)O)cc(C3CC3)c12.Cl. The van der Waals surface area contributed by atoms with Gasteiger partial charge in [0.25, 0.3) is 5.56 Å². The monoisotopic (exact) mass is 377 g/mol. The molecule has 8 heteroatoms. The summed E-state index contributed by atoms with van der Waals surface area (Å²) in [5, 5.41) is 9.30. The molecule has 6 nitrogen and oxygen atoms in total. The van der Waals surface area contributed by atoms with Crippen molar-refractivity contribution in [3.63, 3.8) is 0 Å². The summed E-state index contributed by atoms with van der Waals surface area (Å²) in [7, 11) is 0. The second-order valence-electron chi connectivity index (χ2n) is 6.42. The van der Waals surface area contributed by atoms with Gasteiger partial charge in [-0.2, -0.15) is 0 Å². The number of anilines is 1. The molecule has 3 N–H and O–H groups in total. The molecule has 1 aliphatic rings. The molecule has 4 rings (SSSR count). The number of hydrogen-bond acceptors (Lipinski definition) is 3. The summed E-state index contributed by atoms with van der Waals surface area (Å²) in [5.41, 5.74) is 7.39. The van der Waals surface area contributed by atoms with E-state index in [1.807, 2.05) is 0 Å². The lowest BCUT2D eigenvalue weighted by Crippen LogP contribution is -2.24. The number of pyridine rings is 2. The number of carbonyl (C=O) groups is 1. The topological polar surface area (TPSA) is 89.7 Å². The molecule has 0 spiro atoms. The fourth-order valence-corrected chi connectivity index (χ4v) is 3.37. The van der Waals surface area contributed by atoms with Crippen LogP contribution in [0.25, 0.3) is 11.2 Å². The predicted molar refractivity (Wildman–Crippen MR) is 98.3 cm³/mol. The highest BCUT2D eigenvalue weighted by Gasteiger charge is 2.30. The Bertz CT molecular complexity index is 1100. The van der Waals surface area contributed by atoms with Gasteiger partial charge in [-0.1, -0.05) is 0 Å². The zero-order chi connectivity index (χ0) is 17.9. The summed E-state index contributed by atoms with van der Waals surface area (Å²) in [6, 6.07) is 3.10. The molecule has 1 saturated carbocycles. The van der Waals surface area contributed by atoms with E-state index in [9.17, 15) is 19.1 Å². The number of halogens is 2. The zero-order valence-corrected chi connectivity index (χ0v) is 14.7. The van der Waals surface area contributed by atoms with Crippen LogP contribution in [-0.2, 0) is 0 Å². The minimum Gasteiger partial charge on any atom is -0.477 e. The lowest BCUT2D eigenvalue weighted by molar-refractivity contribution is 0.0694. The third kappa shape index (κ3) is 2.64. The number of aryl methyl sites for hydroxylation is 1. The largest absolute Gasteiger partial charge is 0.477 e. The molecule has 0 radical (unpaired) electrons. The maximum absolute atomic E-state index is 14.8. The number of rotatable bonds is 3. The number of hydrogen-bond donors (Lipinski definition) is 2. The number of nitrogen functional groups attached to an aromatic ring is 1. The number of carboxylic acid groups (broad SMARTS) is 1. The van der Waals surface area contributed by atoms with E-state index in [1.54, 1.807) is 30.0 Å². The van der Waals surface area contributed by atoms with Gasteiger partial charge in [0, 0.05) is 23.6 Å². The Morgan fingerprint density at radius 2 is 2.04 bits per heavy atom. The quantitative estimate of drug-likeness (QED) is 0.733. The Morgan fingerprint density at radius 1 is 1.35 bits per heavy atom. The number of fused-ring (bicyclic) bond motifs is 1. The third-order valence-corrected chi connectivity index (χ3v) is 4.66. The van der Waals surface area contributed by atoms with Crippen LogP contribution in [0.3, 0.4) is 0 Å². The van der Waals surface area contributed by atoms with E-state index < -0.39 is 17.3 Å². The highest BCUT2D eigenvalue weighted by Crippen LogP contribution is 2.43. The van der Waals surface area contributed by atoms with Crippen LogP contribution in [0, 0.1) is 12.7 Å². The van der Waals surface area contributed by atoms with Gasteiger partial charge < -0.3 is 15.4 Å². The Morgan fingerprint density at radius 3 is 2.58 bits per heavy atom. The Kier molecular flexibility index (Phi) is 4.28. The van der Waals surface area contributed by atoms with Crippen molar-refractivity contribution in [2.45, 2.75) is 25.7 Å². The van der Waals surface area contributed by atoms with Crippen molar-refractivity contribution in [3.05, 3.63) is 63.6 Å². The van der Waals surface area contributed by atoms with Crippen molar-refractivity contribution in [1.82, 2.24) is 8.97 Å². The van der Waals surface area contributed by atoms with E-state index in [0.717, 1.165) is 29.0 Å². The molecule has 1 fully saturated rings. The van der Waals surface area contributed by atoms with Crippen molar-refractivity contribution < 1.29 is 14.3 Å². The minimum absolute atomic E-state index is 0. The average Bonchev–Trinajstić information content (AvgIpc) is 3.30. The summed E-state index contributed by atoms with van der Waals surface area (Å²) >= 11 is 0. The van der Waals surface area contributed by atoms with Gasteiger partial charge in [0.05, 0.1) is 17.4 Å². The van der Waals surface area contributed by atoms with Crippen molar-refractivity contribution in [2.24, 2.45) is 0 Å². The first-order chi connectivity index (χ1) is 11.9. The lowest BCUT2D eigenvalue weighted by atomic mass is 10.0. The molecular formula is C18H17ClFN3O3. The van der Waals surface area contributed by atoms with E-state index in [0.29, 0.717) is 22.5 Å². The molecule has 0 bridgehead atoms. The molecule has 0 aliphatic heterocycles. The van der Waals surface area contributed by atoms with Gasteiger partial charge >= 0.3 is 5.97 Å².